The second-order valence-corrected chi connectivity index (χ2v) is 3.04. The van der Waals surface area contributed by atoms with Crippen LogP contribution in [-0.2, 0) is 12.8 Å². The number of hydrogen-bond acceptors (Lipinski definition) is 3. The van der Waals surface area contributed by atoms with Crippen LogP contribution in [0.15, 0.2) is 0 Å². The molecule has 0 bridgehead atoms. The minimum absolute atomic E-state index is 0.0696. The molecule has 0 fully saturated rings. The van der Waals surface area contributed by atoms with Crippen LogP contribution in [0.5, 0.6) is 0 Å². The highest BCUT2D eigenvalue weighted by Crippen LogP contribution is 2.12. The predicted octanol–water partition coefficient (Wildman–Crippen LogP) is 0.527. The van der Waals surface area contributed by atoms with Crippen molar-refractivity contribution < 1.29 is 5.11 Å². The van der Waals surface area contributed by atoms with Gasteiger partial charge in [-0.3, -0.25) is 0 Å². The molecule has 4 nitrogen and oxygen atoms in total. The molecule has 13 heavy (non-hydrogen) atoms. The summed E-state index contributed by atoms with van der Waals surface area (Å²) in [6.07, 6.45) is 1.83. The summed E-state index contributed by atoms with van der Waals surface area (Å²) in [5.41, 5.74) is 7.83. The highest BCUT2D eigenvalue weighted by Gasteiger charge is 2.12. The maximum atomic E-state index is 8.85. The van der Waals surface area contributed by atoms with Crippen LogP contribution >= 0.6 is 0 Å². The SMILES string of the molecule is CCc1nc(C(N)CO)[nH]c1CC. The molecule has 1 atom stereocenters. The zero-order chi connectivity index (χ0) is 9.84. The number of aliphatic hydroxyl groups is 1. The molecular formula is C9H17N3O. The van der Waals surface area contributed by atoms with E-state index < -0.39 is 0 Å². The number of nitrogens with one attached hydrogen (secondary N) is 1. The maximum Gasteiger partial charge on any atom is 0.125 e. The third kappa shape index (κ3) is 2.08. The fraction of sp³-hybridized carbons (Fsp3) is 0.667. The molecule has 4 N–H and O–H groups in total. The zero-order valence-electron chi connectivity index (χ0n) is 8.17. The van der Waals surface area contributed by atoms with Crippen molar-refractivity contribution in [2.45, 2.75) is 32.7 Å². The van der Waals surface area contributed by atoms with Gasteiger partial charge in [0.2, 0.25) is 0 Å². The van der Waals surface area contributed by atoms with Gasteiger partial charge in [0.15, 0.2) is 0 Å². The topological polar surface area (TPSA) is 74.9 Å². The molecule has 1 heterocycles. The van der Waals surface area contributed by atoms with Crippen molar-refractivity contribution in [3.8, 4) is 0 Å². The summed E-state index contributed by atoms with van der Waals surface area (Å²) in [7, 11) is 0. The average Bonchev–Trinajstić information content (AvgIpc) is 2.59. The van der Waals surface area contributed by atoms with Crippen molar-refractivity contribution >= 4 is 0 Å². The van der Waals surface area contributed by atoms with E-state index in [9.17, 15) is 0 Å². The Kier molecular flexibility index (Phi) is 3.45. The van der Waals surface area contributed by atoms with Gasteiger partial charge in [-0.1, -0.05) is 13.8 Å². The molecule has 0 aliphatic carbocycles. The van der Waals surface area contributed by atoms with E-state index in [0.29, 0.717) is 5.82 Å². The average molecular weight is 183 g/mol. The molecule has 4 heteroatoms. The number of nitrogens with zero attached hydrogens (tertiary/aromatic N) is 1. The van der Waals surface area contributed by atoms with Gasteiger partial charge >= 0.3 is 0 Å². The lowest BCUT2D eigenvalue weighted by atomic mass is 10.2. The molecule has 1 aromatic rings. The first kappa shape index (κ1) is 10.2. The monoisotopic (exact) mass is 183 g/mol. The smallest absolute Gasteiger partial charge is 0.125 e. The summed E-state index contributed by atoms with van der Waals surface area (Å²) in [5, 5.41) is 8.85. The van der Waals surface area contributed by atoms with Gasteiger partial charge < -0.3 is 15.8 Å². The number of aryl methyl sites for hydroxylation is 2. The minimum atomic E-state index is -0.384. The van der Waals surface area contributed by atoms with Crippen LogP contribution in [0.4, 0.5) is 0 Å². The largest absolute Gasteiger partial charge is 0.394 e. The second kappa shape index (κ2) is 4.39. The highest BCUT2D eigenvalue weighted by atomic mass is 16.3. The van der Waals surface area contributed by atoms with E-state index in [-0.39, 0.29) is 12.6 Å². The fourth-order valence-electron chi connectivity index (χ4n) is 1.31. The molecular weight excluding hydrogens is 166 g/mol. The van der Waals surface area contributed by atoms with Crippen molar-refractivity contribution in [1.82, 2.24) is 9.97 Å². The molecule has 0 amide bonds. The maximum absolute atomic E-state index is 8.85. The van der Waals surface area contributed by atoms with Gasteiger partial charge in [0.1, 0.15) is 5.82 Å². The van der Waals surface area contributed by atoms with Crippen molar-refractivity contribution in [1.29, 1.82) is 0 Å². The Hall–Kier alpha value is -0.870. The molecule has 1 aromatic heterocycles. The van der Waals surface area contributed by atoms with E-state index in [0.717, 1.165) is 24.2 Å². The van der Waals surface area contributed by atoms with Gasteiger partial charge in [-0.2, -0.15) is 0 Å². The molecule has 1 rings (SSSR count). The van der Waals surface area contributed by atoms with E-state index >= 15 is 0 Å². The number of hydrogen-bond donors (Lipinski definition) is 3. The summed E-state index contributed by atoms with van der Waals surface area (Å²) in [4.78, 5) is 7.47. The predicted molar refractivity (Wildman–Crippen MR) is 51.4 cm³/mol. The van der Waals surface area contributed by atoms with Crippen LogP contribution in [0.1, 0.15) is 37.1 Å². The van der Waals surface area contributed by atoms with Crippen LogP contribution in [0.3, 0.4) is 0 Å². The first-order valence-electron chi connectivity index (χ1n) is 4.67. The lowest BCUT2D eigenvalue weighted by Crippen LogP contribution is -2.16. The van der Waals surface area contributed by atoms with E-state index in [2.05, 4.69) is 23.8 Å². The van der Waals surface area contributed by atoms with Crippen LogP contribution in [0.25, 0.3) is 0 Å². The molecule has 1 unspecified atom stereocenters. The fourth-order valence-corrected chi connectivity index (χ4v) is 1.31. The standard InChI is InChI=1S/C9H17N3O/c1-3-7-8(4-2)12-9(11-7)6(10)5-13/h6,13H,3-5,10H2,1-2H3,(H,11,12). The second-order valence-electron chi connectivity index (χ2n) is 3.04. The van der Waals surface area contributed by atoms with Crippen LogP contribution in [-0.4, -0.2) is 21.7 Å². The van der Waals surface area contributed by atoms with Crippen molar-refractivity contribution in [2.75, 3.05) is 6.61 Å². The third-order valence-corrected chi connectivity index (χ3v) is 2.12. The molecule has 0 aliphatic rings. The minimum Gasteiger partial charge on any atom is -0.394 e. The molecule has 0 aliphatic heterocycles. The van der Waals surface area contributed by atoms with Crippen molar-refractivity contribution in [3.05, 3.63) is 17.2 Å². The third-order valence-electron chi connectivity index (χ3n) is 2.12. The molecule has 0 radical (unpaired) electrons. The Morgan fingerprint density at radius 3 is 2.54 bits per heavy atom. The van der Waals surface area contributed by atoms with Gasteiger partial charge in [-0.05, 0) is 12.8 Å². The van der Waals surface area contributed by atoms with Crippen molar-refractivity contribution in [2.24, 2.45) is 5.73 Å². The molecule has 0 aromatic carbocycles. The number of imidazole rings is 1. The number of rotatable bonds is 4. The van der Waals surface area contributed by atoms with Gasteiger partial charge in [-0.25, -0.2) is 4.98 Å². The van der Waals surface area contributed by atoms with Crippen LogP contribution in [0, 0.1) is 0 Å². The van der Waals surface area contributed by atoms with Gasteiger partial charge in [0, 0.05) is 5.69 Å². The Balaban J connectivity index is 2.92. The Labute approximate surface area is 78.2 Å². The normalized spacial score (nSPS) is 13.2. The quantitative estimate of drug-likeness (QED) is 0.637. The summed E-state index contributed by atoms with van der Waals surface area (Å²) < 4.78 is 0. The Morgan fingerprint density at radius 2 is 2.15 bits per heavy atom. The highest BCUT2D eigenvalue weighted by molar-refractivity contribution is 5.16. The number of aliphatic hydroxyl groups excluding tert-OH is 1. The van der Waals surface area contributed by atoms with Crippen LogP contribution in [0.2, 0.25) is 0 Å². The molecule has 0 saturated carbocycles. The van der Waals surface area contributed by atoms with E-state index in [1.54, 1.807) is 0 Å². The molecule has 0 spiro atoms. The molecule has 0 saturated heterocycles. The lowest BCUT2D eigenvalue weighted by Gasteiger charge is -2.02. The van der Waals surface area contributed by atoms with Crippen LogP contribution < -0.4 is 5.73 Å². The summed E-state index contributed by atoms with van der Waals surface area (Å²) in [5.74, 6) is 0.691. The van der Waals surface area contributed by atoms with Gasteiger partial charge in [0.05, 0.1) is 18.3 Å². The number of nitrogens with two attached hydrogens (primary N) is 1. The lowest BCUT2D eigenvalue weighted by molar-refractivity contribution is 0.264. The van der Waals surface area contributed by atoms with E-state index in [4.69, 9.17) is 10.8 Å². The number of aromatic amines is 1. The Bertz CT molecular complexity index is 248. The number of aromatic nitrogens is 2. The van der Waals surface area contributed by atoms with Crippen molar-refractivity contribution in [3.63, 3.8) is 0 Å². The van der Waals surface area contributed by atoms with E-state index in [1.807, 2.05) is 0 Å². The van der Waals surface area contributed by atoms with Gasteiger partial charge in [-0.15, -0.1) is 0 Å². The number of H-pyrrole nitrogens is 1. The summed E-state index contributed by atoms with van der Waals surface area (Å²) in [6, 6.07) is -0.384. The van der Waals surface area contributed by atoms with E-state index in [1.165, 1.54) is 0 Å². The Morgan fingerprint density at radius 1 is 1.46 bits per heavy atom. The molecule has 74 valence electrons. The summed E-state index contributed by atoms with van der Waals surface area (Å²) in [6.45, 7) is 4.06. The first-order valence-corrected chi connectivity index (χ1v) is 4.67. The zero-order valence-corrected chi connectivity index (χ0v) is 8.17. The summed E-state index contributed by atoms with van der Waals surface area (Å²) >= 11 is 0. The van der Waals surface area contributed by atoms with Gasteiger partial charge in [0.25, 0.3) is 0 Å². The first-order chi connectivity index (χ1) is 6.22.